The summed E-state index contributed by atoms with van der Waals surface area (Å²) in [5, 5.41) is 3.00. The molecular weight excluding hydrogens is 443 g/mol. The smallest absolute Gasteiger partial charge is 0.406 e. The molecule has 1 N–H and O–H groups in total. The van der Waals surface area contributed by atoms with Crippen LogP contribution in [0.3, 0.4) is 0 Å². The molecule has 32 heavy (non-hydrogen) atoms. The Morgan fingerprint density at radius 3 is 2.47 bits per heavy atom. The van der Waals surface area contributed by atoms with Crippen LogP contribution in [0, 0.1) is 6.92 Å². The second-order valence-corrected chi connectivity index (χ2v) is 7.90. The molecule has 1 amide bonds. The van der Waals surface area contributed by atoms with Gasteiger partial charge in [-0.25, -0.2) is 4.98 Å². The van der Waals surface area contributed by atoms with E-state index in [-0.39, 0.29) is 17.8 Å². The number of carbonyl (C=O) groups is 1. The number of rotatable bonds is 5. The van der Waals surface area contributed by atoms with Gasteiger partial charge in [0.1, 0.15) is 17.1 Å². The number of amides is 1. The summed E-state index contributed by atoms with van der Waals surface area (Å²) < 4.78 is 41.7. The Bertz CT molecular complexity index is 1330. The second-order valence-electron chi connectivity index (χ2n) is 6.90. The highest BCUT2D eigenvalue weighted by Crippen LogP contribution is 2.35. The van der Waals surface area contributed by atoms with Crippen LogP contribution in [0.2, 0.25) is 0 Å². The van der Waals surface area contributed by atoms with Crippen molar-refractivity contribution in [1.82, 2.24) is 9.55 Å². The number of anilines is 1. The maximum atomic E-state index is 13.0. The average molecular weight is 459 g/mol. The second kappa shape index (κ2) is 8.46. The Kier molecular flexibility index (Phi) is 5.70. The summed E-state index contributed by atoms with van der Waals surface area (Å²) in [6.07, 6.45) is -3.48. The molecule has 10 heteroatoms. The van der Waals surface area contributed by atoms with Crippen molar-refractivity contribution in [2.45, 2.75) is 19.8 Å². The van der Waals surface area contributed by atoms with Crippen LogP contribution in [0.25, 0.3) is 20.7 Å². The molecule has 0 aliphatic heterocycles. The third-order valence-electron chi connectivity index (χ3n) is 4.64. The quantitative estimate of drug-likeness (QED) is 0.457. The summed E-state index contributed by atoms with van der Waals surface area (Å²) in [5.41, 5.74) is 1.71. The first-order valence-electron chi connectivity index (χ1n) is 9.41. The summed E-state index contributed by atoms with van der Waals surface area (Å²) in [6.45, 7) is 1.55. The molecule has 0 radical (unpaired) electrons. The number of aryl methyl sites for hydroxylation is 1. The van der Waals surface area contributed by atoms with Crippen LogP contribution < -0.4 is 15.6 Å². The number of nitrogens with zero attached hydrogens (tertiary/aromatic N) is 2. The minimum Gasteiger partial charge on any atom is -0.406 e. The minimum absolute atomic E-state index is 0.268. The zero-order valence-electron chi connectivity index (χ0n) is 16.6. The lowest BCUT2D eigenvalue weighted by atomic mass is 10.1. The highest BCUT2D eigenvalue weighted by atomic mass is 32.1. The Labute approximate surface area is 183 Å². The van der Waals surface area contributed by atoms with E-state index in [1.165, 1.54) is 34.4 Å². The van der Waals surface area contributed by atoms with E-state index >= 15 is 0 Å². The van der Waals surface area contributed by atoms with E-state index in [2.05, 4.69) is 15.0 Å². The van der Waals surface area contributed by atoms with Gasteiger partial charge in [0, 0.05) is 10.6 Å². The van der Waals surface area contributed by atoms with Gasteiger partial charge in [-0.3, -0.25) is 14.2 Å². The van der Waals surface area contributed by atoms with Gasteiger partial charge in [0.15, 0.2) is 0 Å². The van der Waals surface area contributed by atoms with E-state index in [0.717, 1.165) is 28.1 Å². The lowest BCUT2D eigenvalue weighted by molar-refractivity contribution is -0.274. The maximum Gasteiger partial charge on any atom is 0.573 e. The molecule has 0 bridgehead atoms. The van der Waals surface area contributed by atoms with Crippen molar-refractivity contribution in [2.75, 3.05) is 5.32 Å². The van der Waals surface area contributed by atoms with Crippen LogP contribution in [0.4, 0.5) is 18.9 Å². The maximum absolute atomic E-state index is 13.0. The third-order valence-corrected chi connectivity index (χ3v) is 5.89. The molecule has 2 aromatic carbocycles. The van der Waals surface area contributed by atoms with Gasteiger partial charge in [0.2, 0.25) is 5.91 Å². The van der Waals surface area contributed by atoms with Crippen molar-refractivity contribution in [3.8, 4) is 16.2 Å². The molecule has 0 aliphatic rings. The molecule has 0 atom stereocenters. The van der Waals surface area contributed by atoms with Crippen molar-refractivity contribution >= 4 is 33.1 Å². The zero-order valence-corrected chi connectivity index (χ0v) is 17.5. The zero-order chi connectivity index (χ0) is 22.9. The Morgan fingerprint density at radius 2 is 1.81 bits per heavy atom. The molecule has 0 aliphatic carbocycles. The number of fused-ring (bicyclic) bond motifs is 1. The summed E-state index contributed by atoms with van der Waals surface area (Å²) in [4.78, 5) is 31.2. The molecule has 0 saturated carbocycles. The fourth-order valence-electron chi connectivity index (χ4n) is 3.23. The van der Waals surface area contributed by atoms with Gasteiger partial charge in [-0.15, -0.1) is 24.5 Å². The fourth-order valence-corrected chi connectivity index (χ4v) is 4.38. The van der Waals surface area contributed by atoms with Crippen LogP contribution in [0.15, 0.2) is 65.7 Å². The van der Waals surface area contributed by atoms with Gasteiger partial charge in [-0.05, 0) is 42.3 Å². The molecule has 4 rings (SSSR count). The summed E-state index contributed by atoms with van der Waals surface area (Å²) in [6, 6.07) is 14.4. The van der Waals surface area contributed by atoms with Gasteiger partial charge in [0.25, 0.3) is 5.56 Å². The van der Waals surface area contributed by atoms with E-state index < -0.39 is 18.0 Å². The highest BCUT2D eigenvalue weighted by Gasteiger charge is 2.31. The molecule has 0 unspecified atom stereocenters. The van der Waals surface area contributed by atoms with Crippen LogP contribution in [0.5, 0.6) is 5.75 Å². The number of benzene rings is 2. The number of thiophene rings is 1. The number of hydrogen-bond donors (Lipinski definition) is 1. The molecule has 164 valence electrons. The van der Waals surface area contributed by atoms with Crippen LogP contribution >= 0.6 is 11.3 Å². The first kappa shape index (κ1) is 21.6. The Balaban J connectivity index is 1.53. The number of nitrogens with one attached hydrogen (secondary N) is 1. The number of ether oxygens (including phenoxy) is 1. The monoisotopic (exact) mass is 459 g/mol. The fraction of sp³-hybridized carbons (Fsp3) is 0.136. The van der Waals surface area contributed by atoms with Gasteiger partial charge >= 0.3 is 6.36 Å². The van der Waals surface area contributed by atoms with E-state index in [9.17, 15) is 22.8 Å². The molecule has 0 fully saturated rings. The van der Waals surface area contributed by atoms with E-state index in [0.29, 0.717) is 10.2 Å². The first-order valence-corrected chi connectivity index (χ1v) is 10.2. The van der Waals surface area contributed by atoms with Gasteiger partial charge in [0.05, 0.1) is 11.7 Å². The molecule has 0 saturated heterocycles. The van der Waals surface area contributed by atoms with E-state index in [4.69, 9.17) is 0 Å². The van der Waals surface area contributed by atoms with Crippen LogP contribution in [-0.4, -0.2) is 21.8 Å². The average Bonchev–Trinajstić information content (AvgIpc) is 3.08. The molecule has 6 nitrogen and oxygen atoms in total. The summed E-state index contributed by atoms with van der Waals surface area (Å²) in [5.74, 6) is -0.919. The molecule has 0 spiro atoms. The number of alkyl halides is 3. The number of halogens is 3. The molecule has 4 aromatic rings. The Morgan fingerprint density at radius 1 is 1.12 bits per heavy atom. The highest BCUT2D eigenvalue weighted by molar-refractivity contribution is 7.22. The largest absolute Gasteiger partial charge is 0.573 e. The number of hydrogen-bond acceptors (Lipinski definition) is 5. The molecule has 2 aromatic heterocycles. The minimum atomic E-state index is -4.79. The van der Waals surface area contributed by atoms with Gasteiger partial charge in [-0.1, -0.05) is 30.3 Å². The van der Waals surface area contributed by atoms with Crippen molar-refractivity contribution in [1.29, 1.82) is 0 Å². The van der Waals surface area contributed by atoms with Crippen LogP contribution in [0.1, 0.15) is 5.56 Å². The normalized spacial score (nSPS) is 11.5. The van der Waals surface area contributed by atoms with E-state index in [1.807, 2.05) is 37.3 Å². The van der Waals surface area contributed by atoms with Gasteiger partial charge in [-0.2, -0.15) is 0 Å². The molecular formula is C22H16F3N3O3S. The lowest BCUT2D eigenvalue weighted by Crippen LogP contribution is -2.27. The number of aromatic nitrogens is 2. The predicted octanol–water partition coefficient (Wildman–Crippen LogP) is 4.97. The Hall–Kier alpha value is -3.66. The van der Waals surface area contributed by atoms with Crippen molar-refractivity contribution in [3.05, 3.63) is 76.8 Å². The van der Waals surface area contributed by atoms with Crippen molar-refractivity contribution in [3.63, 3.8) is 0 Å². The van der Waals surface area contributed by atoms with Crippen LogP contribution in [-0.2, 0) is 11.3 Å². The predicted molar refractivity (Wildman–Crippen MR) is 116 cm³/mol. The van der Waals surface area contributed by atoms with E-state index in [1.54, 1.807) is 0 Å². The van der Waals surface area contributed by atoms with Gasteiger partial charge < -0.3 is 10.1 Å². The topological polar surface area (TPSA) is 73.2 Å². The van der Waals surface area contributed by atoms with Crippen molar-refractivity contribution in [2.24, 2.45) is 0 Å². The lowest BCUT2D eigenvalue weighted by Gasteiger charge is -2.10. The number of carbonyl (C=O) groups excluding carboxylic acids is 1. The molecule has 2 heterocycles. The summed E-state index contributed by atoms with van der Waals surface area (Å²) in [7, 11) is 0. The standard InChI is InChI=1S/C22H16F3N3O3S/c1-13-18-20(32-19(13)14-5-3-2-4-6-14)26-12-28(21(18)30)11-17(29)27-15-7-9-16(10-8-15)31-22(23,24)25/h2-10,12H,11H2,1H3,(H,27,29). The third kappa shape index (κ3) is 4.65. The summed E-state index contributed by atoms with van der Waals surface area (Å²) >= 11 is 1.41. The van der Waals surface area contributed by atoms with Crippen molar-refractivity contribution < 1.29 is 22.7 Å². The first-order chi connectivity index (χ1) is 15.2. The SMILES string of the molecule is Cc1c(-c2ccccc2)sc2ncn(CC(=O)Nc3ccc(OC(F)(F)F)cc3)c(=O)c12.